The van der Waals surface area contributed by atoms with Crippen LogP contribution in [0.5, 0.6) is 0 Å². The standard InChI is InChI=1S/C13H28N2/c1-10(2)15(5)13(9-14)7-6-11(3)12(4)8-13/h10-12H,6-9,14H2,1-5H3. The van der Waals surface area contributed by atoms with Crippen LogP contribution in [0.3, 0.4) is 0 Å². The summed E-state index contributed by atoms with van der Waals surface area (Å²) in [6, 6.07) is 0.592. The lowest BCUT2D eigenvalue weighted by Crippen LogP contribution is -2.57. The molecule has 2 nitrogen and oxygen atoms in total. The van der Waals surface area contributed by atoms with E-state index in [2.05, 4.69) is 39.6 Å². The summed E-state index contributed by atoms with van der Waals surface area (Å²) < 4.78 is 0. The van der Waals surface area contributed by atoms with Crippen molar-refractivity contribution < 1.29 is 0 Å². The molecular formula is C13H28N2. The van der Waals surface area contributed by atoms with Gasteiger partial charge in [-0.3, -0.25) is 4.90 Å². The van der Waals surface area contributed by atoms with Crippen LogP contribution in [0.25, 0.3) is 0 Å². The van der Waals surface area contributed by atoms with E-state index < -0.39 is 0 Å². The Bertz CT molecular complexity index is 203. The highest BCUT2D eigenvalue weighted by Gasteiger charge is 2.40. The molecule has 3 unspecified atom stereocenters. The highest BCUT2D eigenvalue weighted by molar-refractivity contribution is 4.97. The van der Waals surface area contributed by atoms with Crippen molar-refractivity contribution in [1.82, 2.24) is 4.90 Å². The van der Waals surface area contributed by atoms with Crippen molar-refractivity contribution in [3.05, 3.63) is 0 Å². The fourth-order valence-corrected chi connectivity index (χ4v) is 2.88. The predicted molar refractivity (Wildman–Crippen MR) is 66.9 cm³/mol. The second-order valence-electron chi connectivity index (χ2n) is 5.83. The molecule has 0 saturated heterocycles. The van der Waals surface area contributed by atoms with Crippen molar-refractivity contribution in [2.24, 2.45) is 17.6 Å². The molecule has 1 saturated carbocycles. The van der Waals surface area contributed by atoms with Gasteiger partial charge >= 0.3 is 0 Å². The molecule has 90 valence electrons. The lowest BCUT2D eigenvalue weighted by molar-refractivity contribution is 0.0203. The van der Waals surface area contributed by atoms with E-state index in [1.54, 1.807) is 0 Å². The zero-order valence-electron chi connectivity index (χ0n) is 11.1. The van der Waals surface area contributed by atoms with Crippen LogP contribution in [0.4, 0.5) is 0 Å². The second kappa shape index (κ2) is 4.84. The summed E-state index contributed by atoms with van der Waals surface area (Å²) in [4.78, 5) is 2.50. The zero-order valence-corrected chi connectivity index (χ0v) is 11.1. The number of hydrogen-bond acceptors (Lipinski definition) is 2. The van der Waals surface area contributed by atoms with Gasteiger partial charge in [-0.15, -0.1) is 0 Å². The average Bonchev–Trinajstić information content (AvgIpc) is 2.21. The Kier molecular flexibility index (Phi) is 4.19. The Morgan fingerprint density at radius 2 is 1.93 bits per heavy atom. The van der Waals surface area contributed by atoms with Gasteiger partial charge in [0.1, 0.15) is 0 Å². The number of likely N-dealkylation sites (N-methyl/N-ethyl adjacent to an activating group) is 1. The lowest BCUT2D eigenvalue weighted by atomic mass is 9.70. The number of rotatable bonds is 3. The van der Waals surface area contributed by atoms with Crippen LogP contribution in [0.2, 0.25) is 0 Å². The van der Waals surface area contributed by atoms with E-state index in [4.69, 9.17) is 5.73 Å². The van der Waals surface area contributed by atoms with Crippen LogP contribution in [0.1, 0.15) is 47.0 Å². The molecule has 0 amide bonds. The smallest absolute Gasteiger partial charge is 0.0334 e. The van der Waals surface area contributed by atoms with E-state index in [1.165, 1.54) is 19.3 Å². The predicted octanol–water partition coefficient (Wildman–Crippen LogP) is 2.48. The van der Waals surface area contributed by atoms with Crippen LogP contribution >= 0.6 is 0 Å². The summed E-state index contributed by atoms with van der Waals surface area (Å²) in [6.45, 7) is 10.1. The fourth-order valence-electron chi connectivity index (χ4n) is 2.88. The molecule has 0 aromatic heterocycles. The number of nitrogens with zero attached hydrogens (tertiary/aromatic N) is 1. The van der Waals surface area contributed by atoms with Crippen LogP contribution in [-0.2, 0) is 0 Å². The second-order valence-corrected chi connectivity index (χ2v) is 5.83. The molecule has 1 fully saturated rings. The van der Waals surface area contributed by atoms with Gasteiger partial charge in [0.15, 0.2) is 0 Å². The van der Waals surface area contributed by atoms with Crippen molar-refractivity contribution in [3.63, 3.8) is 0 Å². The Labute approximate surface area is 95.2 Å². The average molecular weight is 212 g/mol. The van der Waals surface area contributed by atoms with Crippen molar-refractivity contribution in [3.8, 4) is 0 Å². The topological polar surface area (TPSA) is 29.3 Å². The third-order valence-corrected chi connectivity index (χ3v) is 4.64. The largest absolute Gasteiger partial charge is 0.329 e. The number of nitrogens with two attached hydrogens (primary N) is 1. The number of hydrogen-bond donors (Lipinski definition) is 1. The van der Waals surface area contributed by atoms with Gasteiger partial charge in [-0.2, -0.15) is 0 Å². The third-order valence-electron chi connectivity index (χ3n) is 4.64. The quantitative estimate of drug-likeness (QED) is 0.779. The van der Waals surface area contributed by atoms with Crippen molar-refractivity contribution >= 4 is 0 Å². The van der Waals surface area contributed by atoms with Gasteiger partial charge in [0.2, 0.25) is 0 Å². The molecule has 2 N–H and O–H groups in total. The molecule has 0 aromatic carbocycles. The molecule has 0 bridgehead atoms. The van der Waals surface area contributed by atoms with E-state index in [-0.39, 0.29) is 5.54 Å². The van der Waals surface area contributed by atoms with Gasteiger partial charge in [-0.1, -0.05) is 13.8 Å². The highest BCUT2D eigenvalue weighted by atomic mass is 15.2. The summed E-state index contributed by atoms with van der Waals surface area (Å²) in [5.41, 5.74) is 6.31. The fraction of sp³-hybridized carbons (Fsp3) is 1.00. The summed E-state index contributed by atoms with van der Waals surface area (Å²) in [7, 11) is 2.24. The van der Waals surface area contributed by atoms with E-state index in [9.17, 15) is 0 Å². The molecule has 1 rings (SSSR count). The van der Waals surface area contributed by atoms with Crippen molar-refractivity contribution in [1.29, 1.82) is 0 Å². The van der Waals surface area contributed by atoms with Gasteiger partial charge in [0, 0.05) is 18.1 Å². The Hall–Kier alpha value is -0.0800. The molecular weight excluding hydrogens is 184 g/mol. The molecule has 1 aliphatic carbocycles. The van der Waals surface area contributed by atoms with Crippen LogP contribution < -0.4 is 5.73 Å². The maximum absolute atomic E-state index is 6.04. The summed E-state index contributed by atoms with van der Waals surface area (Å²) >= 11 is 0. The minimum Gasteiger partial charge on any atom is -0.329 e. The summed E-state index contributed by atoms with van der Waals surface area (Å²) in [6.07, 6.45) is 3.86. The molecule has 3 atom stereocenters. The summed E-state index contributed by atoms with van der Waals surface area (Å²) in [5, 5.41) is 0. The monoisotopic (exact) mass is 212 g/mol. The van der Waals surface area contributed by atoms with Crippen LogP contribution in [0.15, 0.2) is 0 Å². The SMILES string of the molecule is CC1CCC(CN)(N(C)C(C)C)CC1C. The molecule has 0 aromatic rings. The zero-order chi connectivity index (χ0) is 11.6. The maximum Gasteiger partial charge on any atom is 0.0334 e. The van der Waals surface area contributed by atoms with E-state index in [0.29, 0.717) is 6.04 Å². The van der Waals surface area contributed by atoms with Gasteiger partial charge < -0.3 is 5.73 Å². The first-order chi connectivity index (χ1) is 6.93. The maximum atomic E-state index is 6.04. The van der Waals surface area contributed by atoms with Crippen LogP contribution in [-0.4, -0.2) is 30.1 Å². The molecule has 15 heavy (non-hydrogen) atoms. The minimum atomic E-state index is 0.264. The third kappa shape index (κ3) is 2.54. The first kappa shape index (κ1) is 13.0. The van der Waals surface area contributed by atoms with E-state index in [1.807, 2.05) is 0 Å². The first-order valence-corrected chi connectivity index (χ1v) is 6.36. The molecule has 0 radical (unpaired) electrons. The van der Waals surface area contributed by atoms with Gasteiger partial charge in [0.25, 0.3) is 0 Å². The van der Waals surface area contributed by atoms with Gasteiger partial charge in [0.05, 0.1) is 0 Å². The first-order valence-electron chi connectivity index (χ1n) is 6.36. The molecule has 0 spiro atoms. The van der Waals surface area contributed by atoms with Gasteiger partial charge in [-0.05, 0) is 52.0 Å². The molecule has 0 heterocycles. The van der Waals surface area contributed by atoms with E-state index >= 15 is 0 Å². The van der Waals surface area contributed by atoms with Crippen LogP contribution in [0, 0.1) is 11.8 Å². The molecule has 1 aliphatic rings. The minimum absolute atomic E-state index is 0.264. The Morgan fingerprint density at radius 3 is 2.33 bits per heavy atom. The normalized spacial score (nSPS) is 37.6. The van der Waals surface area contributed by atoms with Crippen molar-refractivity contribution in [2.45, 2.75) is 58.5 Å². The molecule has 2 heteroatoms. The lowest BCUT2D eigenvalue weighted by Gasteiger charge is -2.49. The van der Waals surface area contributed by atoms with Gasteiger partial charge in [-0.25, -0.2) is 0 Å². The summed E-state index contributed by atoms with van der Waals surface area (Å²) in [5.74, 6) is 1.67. The van der Waals surface area contributed by atoms with Crippen molar-refractivity contribution in [2.75, 3.05) is 13.6 Å². The van der Waals surface area contributed by atoms with E-state index in [0.717, 1.165) is 18.4 Å². The Balaban J connectivity index is 2.77. The molecule has 0 aliphatic heterocycles. The Morgan fingerprint density at radius 1 is 1.33 bits per heavy atom. The highest BCUT2D eigenvalue weighted by Crippen LogP contribution is 2.39.